The number of hydrogen-bond donors (Lipinski definition) is 1. The number of para-hydroxylation sites is 2. The number of nitrogens with one attached hydrogen (secondary N) is 1. The summed E-state index contributed by atoms with van der Waals surface area (Å²) in [5, 5.41) is 3.58. The van der Waals surface area contributed by atoms with E-state index in [1.807, 2.05) is 0 Å². The lowest BCUT2D eigenvalue weighted by molar-refractivity contribution is 0.611. The molecule has 0 saturated heterocycles. The fraction of sp³-hybridized carbons (Fsp3) is 0.294. The zero-order valence-corrected chi connectivity index (χ0v) is 11.0. The number of anilines is 2. The lowest BCUT2D eigenvalue weighted by Gasteiger charge is -2.35. The first-order chi connectivity index (χ1) is 9.42. The molecular weight excluding hydrogens is 232 g/mol. The Morgan fingerprint density at radius 1 is 0.947 bits per heavy atom. The lowest BCUT2D eigenvalue weighted by atomic mass is 9.98. The van der Waals surface area contributed by atoms with E-state index in [1.54, 1.807) is 0 Å². The van der Waals surface area contributed by atoms with Gasteiger partial charge in [0.05, 0.1) is 6.04 Å². The molecule has 0 aliphatic carbocycles. The molecular formula is C17H18N2. The van der Waals surface area contributed by atoms with Crippen LogP contribution in [-0.2, 0) is 12.8 Å². The first-order valence-electron chi connectivity index (χ1n) is 7.08. The van der Waals surface area contributed by atoms with Crippen LogP contribution in [0.25, 0.3) is 0 Å². The van der Waals surface area contributed by atoms with Gasteiger partial charge in [0.1, 0.15) is 0 Å². The number of benzene rings is 2. The van der Waals surface area contributed by atoms with Crippen molar-refractivity contribution < 1.29 is 0 Å². The van der Waals surface area contributed by atoms with Gasteiger partial charge in [0.25, 0.3) is 0 Å². The molecule has 19 heavy (non-hydrogen) atoms. The van der Waals surface area contributed by atoms with E-state index in [1.165, 1.54) is 28.9 Å². The molecule has 0 aromatic heterocycles. The SMILES string of the molecule is c1ccc2c(c1)CC(N1CCc3ccccc31)CN2. The number of hydrogen-bond acceptors (Lipinski definition) is 2. The number of rotatable bonds is 1. The second kappa shape index (κ2) is 4.30. The smallest absolute Gasteiger partial charge is 0.0503 e. The Morgan fingerprint density at radius 2 is 1.74 bits per heavy atom. The molecule has 0 bridgehead atoms. The maximum Gasteiger partial charge on any atom is 0.0503 e. The summed E-state index contributed by atoms with van der Waals surface area (Å²) in [5.74, 6) is 0. The molecule has 0 fully saturated rings. The highest BCUT2D eigenvalue weighted by molar-refractivity contribution is 5.61. The summed E-state index contributed by atoms with van der Waals surface area (Å²) in [6.07, 6.45) is 2.34. The van der Waals surface area contributed by atoms with Crippen molar-refractivity contribution in [2.45, 2.75) is 18.9 Å². The van der Waals surface area contributed by atoms with Crippen molar-refractivity contribution in [1.82, 2.24) is 0 Å². The van der Waals surface area contributed by atoms with Crippen molar-refractivity contribution >= 4 is 11.4 Å². The molecule has 0 radical (unpaired) electrons. The van der Waals surface area contributed by atoms with Gasteiger partial charge in [-0.15, -0.1) is 0 Å². The summed E-state index contributed by atoms with van der Waals surface area (Å²) in [6, 6.07) is 18.1. The molecule has 4 rings (SSSR count). The van der Waals surface area contributed by atoms with Gasteiger partial charge in [-0.05, 0) is 36.1 Å². The van der Waals surface area contributed by atoms with Crippen LogP contribution in [0, 0.1) is 0 Å². The third-order valence-electron chi connectivity index (χ3n) is 4.36. The van der Waals surface area contributed by atoms with Crippen LogP contribution in [0.1, 0.15) is 11.1 Å². The summed E-state index contributed by atoms with van der Waals surface area (Å²) in [4.78, 5) is 2.58. The van der Waals surface area contributed by atoms with Crippen molar-refractivity contribution in [2.75, 3.05) is 23.3 Å². The standard InChI is InChI=1S/C17H18N2/c1-3-7-16-14(6-1)11-15(12-18-16)19-10-9-13-5-2-4-8-17(13)19/h1-8,15,18H,9-12H2. The van der Waals surface area contributed by atoms with Gasteiger partial charge < -0.3 is 10.2 Å². The highest BCUT2D eigenvalue weighted by Gasteiger charge is 2.28. The Hall–Kier alpha value is -1.96. The maximum atomic E-state index is 3.58. The van der Waals surface area contributed by atoms with E-state index < -0.39 is 0 Å². The Kier molecular flexibility index (Phi) is 2.47. The van der Waals surface area contributed by atoms with E-state index in [4.69, 9.17) is 0 Å². The summed E-state index contributed by atoms with van der Waals surface area (Å²) in [5.41, 5.74) is 5.70. The Bertz CT molecular complexity index is 606. The molecule has 1 unspecified atom stereocenters. The molecule has 2 heterocycles. The molecule has 96 valence electrons. The summed E-state index contributed by atoms with van der Waals surface area (Å²) >= 11 is 0. The fourth-order valence-corrected chi connectivity index (χ4v) is 3.39. The Labute approximate surface area is 114 Å². The molecule has 2 nitrogen and oxygen atoms in total. The van der Waals surface area contributed by atoms with Gasteiger partial charge >= 0.3 is 0 Å². The predicted molar refractivity (Wildman–Crippen MR) is 79.9 cm³/mol. The lowest BCUT2D eigenvalue weighted by Crippen LogP contribution is -2.43. The summed E-state index contributed by atoms with van der Waals surface area (Å²) in [6.45, 7) is 2.21. The van der Waals surface area contributed by atoms with Crippen LogP contribution in [0.5, 0.6) is 0 Å². The van der Waals surface area contributed by atoms with Crippen molar-refractivity contribution in [3.05, 3.63) is 59.7 Å². The van der Waals surface area contributed by atoms with Crippen molar-refractivity contribution in [2.24, 2.45) is 0 Å². The molecule has 1 atom stereocenters. The van der Waals surface area contributed by atoms with E-state index in [9.17, 15) is 0 Å². The van der Waals surface area contributed by atoms with Crippen molar-refractivity contribution in [1.29, 1.82) is 0 Å². The minimum atomic E-state index is 0.582. The zero-order valence-electron chi connectivity index (χ0n) is 11.0. The minimum Gasteiger partial charge on any atom is -0.383 e. The molecule has 0 spiro atoms. The van der Waals surface area contributed by atoms with E-state index in [0.717, 1.165) is 19.5 Å². The second-order valence-electron chi connectivity index (χ2n) is 5.47. The van der Waals surface area contributed by atoms with Gasteiger partial charge in [-0.25, -0.2) is 0 Å². The van der Waals surface area contributed by atoms with Gasteiger partial charge in [0, 0.05) is 24.5 Å². The third kappa shape index (κ3) is 1.79. The third-order valence-corrected chi connectivity index (χ3v) is 4.36. The minimum absolute atomic E-state index is 0.582. The second-order valence-corrected chi connectivity index (χ2v) is 5.47. The molecule has 1 N–H and O–H groups in total. The molecule has 0 saturated carbocycles. The monoisotopic (exact) mass is 250 g/mol. The van der Waals surface area contributed by atoms with Crippen LogP contribution in [0.3, 0.4) is 0 Å². The Balaban J connectivity index is 1.63. The fourth-order valence-electron chi connectivity index (χ4n) is 3.39. The quantitative estimate of drug-likeness (QED) is 0.836. The highest BCUT2D eigenvalue weighted by atomic mass is 15.2. The van der Waals surface area contributed by atoms with Crippen LogP contribution >= 0.6 is 0 Å². The van der Waals surface area contributed by atoms with Crippen molar-refractivity contribution in [3.8, 4) is 0 Å². The van der Waals surface area contributed by atoms with E-state index >= 15 is 0 Å². The van der Waals surface area contributed by atoms with Gasteiger partial charge in [-0.2, -0.15) is 0 Å². The first kappa shape index (κ1) is 10.9. The maximum absolute atomic E-state index is 3.58. The van der Waals surface area contributed by atoms with Gasteiger partial charge in [-0.1, -0.05) is 36.4 Å². The summed E-state index contributed by atoms with van der Waals surface area (Å²) in [7, 11) is 0. The van der Waals surface area contributed by atoms with Crippen LogP contribution in [-0.4, -0.2) is 19.1 Å². The molecule has 0 amide bonds. The molecule has 2 aromatic carbocycles. The van der Waals surface area contributed by atoms with Gasteiger partial charge in [0.2, 0.25) is 0 Å². The average Bonchev–Trinajstić information content (AvgIpc) is 2.91. The average molecular weight is 250 g/mol. The highest BCUT2D eigenvalue weighted by Crippen LogP contribution is 2.32. The van der Waals surface area contributed by atoms with E-state index in [2.05, 4.69) is 58.7 Å². The molecule has 2 aliphatic rings. The van der Waals surface area contributed by atoms with Crippen LogP contribution in [0.2, 0.25) is 0 Å². The van der Waals surface area contributed by atoms with E-state index in [-0.39, 0.29) is 0 Å². The largest absolute Gasteiger partial charge is 0.383 e. The zero-order chi connectivity index (χ0) is 12.7. The van der Waals surface area contributed by atoms with Crippen molar-refractivity contribution in [3.63, 3.8) is 0 Å². The number of nitrogens with zero attached hydrogens (tertiary/aromatic N) is 1. The molecule has 2 aliphatic heterocycles. The molecule has 2 heteroatoms. The molecule has 2 aromatic rings. The Morgan fingerprint density at radius 3 is 2.68 bits per heavy atom. The topological polar surface area (TPSA) is 15.3 Å². The summed E-state index contributed by atoms with van der Waals surface area (Å²) < 4.78 is 0. The normalized spacial score (nSPS) is 20.6. The first-order valence-corrected chi connectivity index (χ1v) is 7.08. The van der Waals surface area contributed by atoms with Gasteiger partial charge in [0.15, 0.2) is 0 Å². The van der Waals surface area contributed by atoms with Crippen LogP contribution < -0.4 is 10.2 Å². The van der Waals surface area contributed by atoms with Gasteiger partial charge in [-0.3, -0.25) is 0 Å². The van der Waals surface area contributed by atoms with Crippen LogP contribution in [0.4, 0.5) is 11.4 Å². The van der Waals surface area contributed by atoms with E-state index in [0.29, 0.717) is 6.04 Å². The van der Waals surface area contributed by atoms with Crippen LogP contribution in [0.15, 0.2) is 48.5 Å². The number of fused-ring (bicyclic) bond motifs is 2. The predicted octanol–water partition coefficient (Wildman–Crippen LogP) is 3.09.